The summed E-state index contributed by atoms with van der Waals surface area (Å²) in [4.78, 5) is 0. The van der Waals surface area contributed by atoms with Gasteiger partial charge in [-0.25, -0.2) is 0 Å². The van der Waals surface area contributed by atoms with Crippen LogP contribution in [0.3, 0.4) is 0 Å². The minimum atomic E-state index is 0.183. The van der Waals surface area contributed by atoms with Gasteiger partial charge < -0.3 is 15.2 Å². The first kappa shape index (κ1) is 13.7. The molecule has 1 unspecified atom stereocenters. The van der Waals surface area contributed by atoms with Crippen LogP contribution in [0.5, 0.6) is 11.5 Å². The maximum absolute atomic E-state index is 6.07. The molecule has 0 aliphatic carbocycles. The van der Waals surface area contributed by atoms with E-state index in [-0.39, 0.29) is 6.04 Å². The highest BCUT2D eigenvalue weighted by Gasteiger charge is 2.10. The molecule has 102 valence electrons. The summed E-state index contributed by atoms with van der Waals surface area (Å²) in [6.07, 6.45) is 1.83. The van der Waals surface area contributed by atoms with Crippen molar-refractivity contribution in [2.45, 2.75) is 25.8 Å². The van der Waals surface area contributed by atoms with Crippen molar-refractivity contribution in [3.05, 3.63) is 35.9 Å². The standard InChI is InChI=1S/C16H21NO2/c1-4-12(17)9-11-5-8-16(19-3)14-7-6-13(18-2)10-15(11)14/h5-8,10,12H,4,9,17H2,1-3H3. The molecule has 0 heterocycles. The van der Waals surface area contributed by atoms with Crippen LogP contribution in [0.1, 0.15) is 18.9 Å². The second-order valence-corrected chi connectivity index (χ2v) is 4.71. The van der Waals surface area contributed by atoms with Crippen LogP contribution in [0, 0.1) is 0 Å². The lowest BCUT2D eigenvalue weighted by Crippen LogP contribution is -2.21. The number of hydrogen-bond donors (Lipinski definition) is 1. The Hall–Kier alpha value is -1.74. The third-order valence-corrected chi connectivity index (χ3v) is 3.50. The molecule has 0 bridgehead atoms. The van der Waals surface area contributed by atoms with Gasteiger partial charge in [-0.3, -0.25) is 0 Å². The monoisotopic (exact) mass is 259 g/mol. The van der Waals surface area contributed by atoms with Gasteiger partial charge in [0.2, 0.25) is 0 Å². The average molecular weight is 259 g/mol. The van der Waals surface area contributed by atoms with E-state index in [0.29, 0.717) is 0 Å². The van der Waals surface area contributed by atoms with Crippen LogP contribution >= 0.6 is 0 Å². The largest absolute Gasteiger partial charge is 0.497 e. The van der Waals surface area contributed by atoms with Gasteiger partial charge >= 0.3 is 0 Å². The maximum atomic E-state index is 6.07. The summed E-state index contributed by atoms with van der Waals surface area (Å²) in [6, 6.07) is 10.3. The number of nitrogens with two attached hydrogens (primary N) is 1. The van der Waals surface area contributed by atoms with E-state index in [4.69, 9.17) is 15.2 Å². The Morgan fingerprint density at radius 2 is 1.84 bits per heavy atom. The second-order valence-electron chi connectivity index (χ2n) is 4.71. The lowest BCUT2D eigenvalue weighted by atomic mass is 9.97. The summed E-state index contributed by atoms with van der Waals surface area (Å²) < 4.78 is 10.7. The lowest BCUT2D eigenvalue weighted by Gasteiger charge is -2.14. The molecule has 0 saturated carbocycles. The van der Waals surface area contributed by atoms with Crippen LogP contribution < -0.4 is 15.2 Å². The minimum Gasteiger partial charge on any atom is -0.497 e. The van der Waals surface area contributed by atoms with Crippen LogP contribution in [0.4, 0.5) is 0 Å². The fourth-order valence-electron chi connectivity index (χ4n) is 2.27. The number of fused-ring (bicyclic) bond motifs is 1. The number of rotatable bonds is 5. The third-order valence-electron chi connectivity index (χ3n) is 3.50. The summed E-state index contributed by atoms with van der Waals surface area (Å²) in [6.45, 7) is 2.11. The molecular weight excluding hydrogens is 238 g/mol. The van der Waals surface area contributed by atoms with Crippen molar-refractivity contribution in [1.29, 1.82) is 0 Å². The van der Waals surface area contributed by atoms with E-state index in [0.717, 1.165) is 35.1 Å². The molecule has 2 aromatic carbocycles. The van der Waals surface area contributed by atoms with E-state index < -0.39 is 0 Å². The van der Waals surface area contributed by atoms with Crippen LogP contribution in [0.25, 0.3) is 10.8 Å². The van der Waals surface area contributed by atoms with E-state index in [9.17, 15) is 0 Å². The zero-order valence-electron chi connectivity index (χ0n) is 11.8. The van der Waals surface area contributed by atoms with Crippen molar-refractivity contribution in [3.8, 4) is 11.5 Å². The predicted molar refractivity (Wildman–Crippen MR) is 79.0 cm³/mol. The molecule has 3 heteroatoms. The van der Waals surface area contributed by atoms with Gasteiger partial charge in [0, 0.05) is 11.4 Å². The molecule has 0 amide bonds. The summed E-state index contributed by atoms with van der Waals surface area (Å²) in [5.41, 5.74) is 7.31. The summed E-state index contributed by atoms with van der Waals surface area (Å²) in [5, 5.41) is 2.26. The smallest absolute Gasteiger partial charge is 0.126 e. The lowest BCUT2D eigenvalue weighted by molar-refractivity contribution is 0.414. The highest BCUT2D eigenvalue weighted by molar-refractivity contribution is 5.92. The van der Waals surface area contributed by atoms with Gasteiger partial charge in [0.05, 0.1) is 14.2 Å². The number of benzene rings is 2. The molecule has 1 atom stereocenters. The highest BCUT2D eigenvalue weighted by atomic mass is 16.5. The first-order chi connectivity index (χ1) is 9.19. The molecule has 0 fully saturated rings. The van der Waals surface area contributed by atoms with Gasteiger partial charge in [-0.15, -0.1) is 0 Å². The Labute approximate surface area is 114 Å². The van der Waals surface area contributed by atoms with Crippen molar-refractivity contribution in [2.24, 2.45) is 5.73 Å². The number of hydrogen-bond acceptors (Lipinski definition) is 3. The second kappa shape index (κ2) is 5.93. The van der Waals surface area contributed by atoms with Gasteiger partial charge in [0.25, 0.3) is 0 Å². The Morgan fingerprint density at radius 1 is 1.05 bits per heavy atom. The Morgan fingerprint density at radius 3 is 2.47 bits per heavy atom. The first-order valence-corrected chi connectivity index (χ1v) is 6.58. The van der Waals surface area contributed by atoms with Crippen molar-refractivity contribution in [1.82, 2.24) is 0 Å². The zero-order chi connectivity index (χ0) is 13.8. The molecule has 2 aromatic rings. The van der Waals surface area contributed by atoms with E-state index in [1.165, 1.54) is 5.56 Å². The summed E-state index contributed by atoms with van der Waals surface area (Å²) >= 11 is 0. The average Bonchev–Trinajstić information content (AvgIpc) is 2.46. The van der Waals surface area contributed by atoms with Crippen molar-refractivity contribution in [3.63, 3.8) is 0 Å². The van der Waals surface area contributed by atoms with E-state index in [2.05, 4.69) is 19.1 Å². The van der Waals surface area contributed by atoms with Crippen LogP contribution in [0.15, 0.2) is 30.3 Å². The van der Waals surface area contributed by atoms with Crippen molar-refractivity contribution >= 4 is 10.8 Å². The van der Waals surface area contributed by atoms with Crippen LogP contribution in [-0.4, -0.2) is 20.3 Å². The highest BCUT2D eigenvalue weighted by Crippen LogP contribution is 2.32. The Kier molecular flexibility index (Phi) is 4.27. The quantitative estimate of drug-likeness (QED) is 0.897. The van der Waals surface area contributed by atoms with Gasteiger partial charge in [-0.05, 0) is 48.1 Å². The van der Waals surface area contributed by atoms with Gasteiger partial charge in [-0.1, -0.05) is 13.0 Å². The molecular formula is C16H21NO2. The normalized spacial score (nSPS) is 12.4. The molecule has 3 nitrogen and oxygen atoms in total. The third kappa shape index (κ3) is 2.82. The molecule has 0 radical (unpaired) electrons. The van der Waals surface area contributed by atoms with Crippen molar-refractivity contribution < 1.29 is 9.47 Å². The molecule has 0 aliphatic rings. The molecule has 2 N–H and O–H groups in total. The van der Waals surface area contributed by atoms with Gasteiger partial charge in [-0.2, -0.15) is 0 Å². The summed E-state index contributed by atoms with van der Waals surface area (Å²) in [5.74, 6) is 1.73. The topological polar surface area (TPSA) is 44.5 Å². The van der Waals surface area contributed by atoms with E-state index in [1.54, 1.807) is 14.2 Å². The minimum absolute atomic E-state index is 0.183. The number of ether oxygens (including phenoxy) is 2. The fraction of sp³-hybridized carbons (Fsp3) is 0.375. The molecule has 0 aromatic heterocycles. The Balaban J connectivity index is 2.57. The molecule has 2 rings (SSSR count). The van der Waals surface area contributed by atoms with Gasteiger partial charge in [0.1, 0.15) is 11.5 Å². The summed E-state index contributed by atoms with van der Waals surface area (Å²) in [7, 11) is 3.37. The molecule has 19 heavy (non-hydrogen) atoms. The maximum Gasteiger partial charge on any atom is 0.126 e. The fourth-order valence-corrected chi connectivity index (χ4v) is 2.27. The van der Waals surface area contributed by atoms with E-state index >= 15 is 0 Å². The predicted octanol–water partition coefficient (Wildman–Crippen LogP) is 3.14. The van der Waals surface area contributed by atoms with Crippen LogP contribution in [0.2, 0.25) is 0 Å². The van der Waals surface area contributed by atoms with Gasteiger partial charge in [0.15, 0.2) is 0 Å². The first-order valence-electron chi connectivity index (χ1n) is 6.58. The number of methoxy groups -OCH3 is 2. The van der Waals surface area contributed by atoms with Crippen molar-refractivity contribution in [2.75, 3.05) is 14.2 Å². The van der Waals surface area contributed by atoms with Crippen LogP contribution in [-0.2, 0) is 6.42 Å². The SMILES string of the molecule is CCC(N)Cc1ccc(OC)c2ccc(OC)cc12. The van der Waals surface area contributed by atoms with E-state index in [1.807, 2.05) is 18.2 Å². The Bertz CT molecular complexity index is 566. The zero-order valence-corrected chi connectivity index (χ0v) is 11.8. The molecule has 0 aliphatic heterocycles. The molecule has 0 saturated heterocycles. The molecule has 0 spiro atoms.